The second-order valence-corrected chi connectivity index (χ2v) is 6.13. The number of hydrogen-bond acceptors (Lipinski definition) is 1. The summed E-state index contributed by atoms with van der Waals surface area (Å²) < 4.78 is 0. The number of carboxylic acids is 1. The topological polar surface area (TPSA) is 37.3 Å². The van der Waals surface area contributed by atoms with Crippen molar-refractivity contribution < 1.29 is 9.90 Å². The molecule has 2 nitrogen and oxygen atoms in total. The Bertz CT molecular complexity index is 300. The number of carbonyl (C=O) groups is 1. The lowest BCUT2D eigenvalue weighted by molar-refractivity contribution is -0.154. The van der Waals surface area contributed by atoms with Gasteiger partial charge in [-0.25, -0.2) is 0 Å². The van der Waals surface area contributed by atoms with E-state index in [0.717, 1.165) is 12.8 Å². The average molecular weight is 217 g/mol. The molecule has 2 fully saturated rings. The van der Waals surface area contributed by atoms with Crippen molar-refractivity contribution in [3.8, 4) is 0 Å². The molecular weight excluding hydrogens is 200 g/mol. The molecule has 2 aliphatic carbocycles. The summed E-state index contributed by atoms with van der Waals surface area (Å²) in [7, 11) is 0. The van der Waals surface area contributed by atoms with E-state index < -0.39 is 11.4 Å². The Kier molecular flexibility index (Phi) is 1.81. The van der Waals surface area contributed by atoms with Gasteiger partial charge in [0.1, 0.15) is 0 Å². The van der Waals surface area contributed by atoms with Crippen molar-refractivity contribution in [1.82, 2.24) is 0 Å². The molecule has 0 heterocycles. The van der Waals surface area contributed by atoms with E-state index in [1.165, 1.54) is 0 Å². The van der Waals surface area contributed by atoms with E-state index in [1.54, 1.807) is 0 Å². The maximum Gasteiger partial charge on any atom is 0.310 e. The average Bonchev–Trinajstić information content (AvgIpc) is 2.34. The maximum atomic E-state index is 11.4. The number of alkyl halides is 1. The van der Waals surface area contributed by atoms with Gasteiger partial charge in [-0.1, -0.05) is 20.8 Å². The van der Waals surface area contributed by atoms with E-state index in [2.05, 4.69) is 20.8 Å². The fraction of sp³-hybridized carbons (Fsp3) is 0.909. The number of hydrogen-bond donors (Lipinski definition) is 1. The number of carboxylic acid groups (broad SMARTS) is 1. The summed E-state index contributed by atoms with van der Waals surface area (Å²) in [6, 6.07) is 0. The highest BCUT2D eigenvalue weighted by molar-refractivity contribution is 6.21. The number of halogens is 1. The van der Waals surface area contributed by atoms with Crippen molar-refractivity contribution in [2.45, 2.75) is 45.4 Å². The van der Waals surface area contributed by atoms with E-state index >= 15 is 0 Å². The molecule has 2 rings (SSSR count). The van der Waals surface area contributed by atoms with Crippen molar-refractivity contribution in [2.75, 3.05) is 0 Å². The van der Waals surface area contributed by atoms with Crippen LogP contribution in [0.5, 0.6) is 0 Å². The zero-order chi connectivity index (χ0) is 10.8. The third-order valence-electron chi connectivity index (χ3n) is 5.32. The summed E-state index contributed by atoms with van der Waals surface area (Å²) in [5, 5.41) is 9.42. The van der Waals surface area contributed by atoms with Crippen molar-refractivity contribution in [1.29, 1.82) is 0 Å². The Labute approximate surface area is 89.6 Å². The van der Waals surface area contributed by atoms with Gasteiger partial charge in [0.25, 0.3) is 0 Å². The van der Waals surface area contributed by atoms with Crippen LogP contribution in [-0.2, 0) is 4.79 Å². The quantitative estimate of drug-likeness (QED) is 0.685. The van der Waals surface area contributed by atoms with Crippen molar-refractivity contribution in [2.24, 2.45) is 16.2 Å². The van der Waals surface area contributed by atoms with Crippen LogP contribution in [-0.4, -0.2) is 16.5 Å². The van der Waals surface area contributed by atoms with Crippen LogP contribution in [0.3, 0.4) is 0 Å². The Morgan fingerprint density at radius 1 is 1.36 bits per heavy atom. The van der Waals surface area contributed by atoms with E-state index in [9.17, 15) is 9.90 Å². The molecule has 1 N–H and O–H groups in total. The molecule has 3 atom stereocenters. The minimum atomic E-state index is -0.658. The predicted octanol–water partition coefficient (Wildman–Crippen LogP) is 2.89. The van der Waals surface area contributed by atoms with Crippen LogP contribution in [0.4, 0.5) is 0 Å². The molecule has 3 heteroatoms. The first kappa shape index (κ1) is 10.3. The summed E-state index contributed by atoms with van der Waals surface area (Å²) in [5.41, 5.74) is -0.765. The summed E-state index contributed by atoms with van der Waals surface area (Å²) in [6.07, 6.45) is 2.36. The lowest BCUT2D eigenvalue weighted by Crippen LogP contribution is -2.40. The van der Waals surface area contributed by atoms with Crippen LogP contribution in [0, 0.1) is 16.2 Å². The molecule has 0 aliphatic heterocycles. The highest BCUT2D eigenvalue weighted by atomic mass is 35.5. The molecular formula is C11H17ClO2. The summed E-state index contributed by atoms with van der Waals surface area (Å²) in [4.78, 5) is 11.4. The van der Waals surface area contributed by atoms with Crippen LogP contribution in [0.1, 0.15) is 40.0 Å². The largest absolute Gasteiger partial charge is 0.481 e. The number of aliphatic carboxylic acids is 1. The smallest absolute Gasteiger partial charge is 0.310 e. The highest BCUT2D eigenvalue weighted by Gasteiger charge is 2.72. The Morgan fingerprint density at radius 2 is 1.93 bits per heavy atom. The van der Waals surface area contributed by atoms with E-state index in [-0.39, 0.29) is 16.2 Å². The monoisotopic (exact) mass is 216 g/mol. The molecule has 2 aliphatic rings. The second-order valence-electron chi connectivity index (χ2n) is 5.60. The molecule has 0 radical (unpaired) electrons. The van der Waals surface area contributed by atoms with Gasteiger partial charge in [0.2, 0.25) is 0 Å². The predicted molar refractivity (Wildman–Crippen MR) is 55.4 cm³/mol. The van der Waals surface area contributed by atoms with Gasteiger partial charge in [-0.15, -0.1) is 11.6 Å². The van der Waals surface area contributed by atoms with Crippen molar-refractivity contribution in [3.05, 3.63) is 0 Å². The van der Waals surface area contributed by atoms with Gasteiger partial charge in [-0.05, 0) is 30.1 Å². The third-order valence-corrected chi connectivity index (χ3v) is 5.96. The number of rotatable bonds is 1. The first-order chi connectivity index (χ1) is 6.28. The molecule has 0 amide bonds. The highest BCUT2D eigenvalue weighted by Crippen LogP contribution is 2.73. The molecule has 80 valence electrons. The standard InChI is InChI=1S/C11H17ClO2/c1-9(2)10(3)4-5-11(9,8(13)14)6-7(10)12/h7H,4-6H2,1-3H3,(H,13,14). The first-order valence-corrected chi connectivity index (χ1v) is 5.59. The van der Waals surface area contributed by atoms with Crippen LogP contribution in [0.15, 0.2) is 0 Å². The molecule has 14 heavy (non-hydrogen) atoms. The maximum absolute atomic E-state index is 11.4. The van der Waals surface area contributed by atoms with Crippen molar-refractivity contribution >= 4 is 17.6 Å². The minimum Gasteiger partial charge on any atom is -0.481 e. The van der Waals surface area contributed by atoms with Gasteiger partial charge in [0, 0.05) is 5.38 Å². The van der Waals surface area contributed by atoms with Gasteiger partial charge in [-0.3, -0.25) is 4.79 Å². The van der Waals surface area contributed by atoms with Gasteiger partial charge in [-0.2, -0.15) is 0 Å². The lowest BCUT2D eigenvalue weighted by Gasteiger charge is -2.38. The van der Waals surface area contributed by atoms with Gasteiger partial charge in [0.05, 0.1) is 5.41 Å². The van der Waals surface area contributed by atoms with Gasteiger partial charge >= 0.3 is 5.97 Å². The Balaban J connectivity index is 2.54. The summed E-state index contributed by atoms with van der Waals surface area (Å²) >= 11 is 6.30. The molecule has 0 aromatic rings. The zero-order valence-electron chi connectivity index (χ0n) is 8.93. The fourth-order valence-electron chi connectivity index (χ4n) is 3.54. The molecule has 0 aromatic heterocycles. The Morgan fingerprint density at radius 3 is 2.14 bits per heavy atom. The van der Waals surface area contributed by atoms with Crippen LogP contribution < -0.4 is 0 Å². The zero-order valence-corrected chi connectivity index (χ0v) is 9.69. The molecule has 2 saturated carbocycles. The lowest BCUT2D eigenvalue weighted by atomic mass is 9.65. The molecule has 0 spiro atoms. The van der Waals surface area contributed by atoms with E-state index in [1.807, 2.05) is 0 Å². The second kappa shape index (κ2) is 2.46. The molecule has 0 aromatic carbocycles. The van der Waals surface area contributed by atoms with Gasteiger partial charge in [0.15, 0.2) is 0 Å². The minimum absolute atomic E-state index is 0.00700. The van der Waals surface area contributed by atoms with Crippen LogP contribution in [0.25, 0.3) is 0 Å². The van der Waals surface area contributed by atoms with E-state index in [4.69, 9.17) is 11.6 Å². The molecule has 0 saturated heterocycles. The fourth-order valence-corrected chi connectivity index (χ4v) is 4.19. The van der Waals surface area contributed by atoms with E-state index in [0.29, 0.717) is 6.42 Å². The third kappa shape index (κ3) is 0.781. The van der Waals surface area contributed by atoms with Crippen LogP contribution >= 0.6 is 11.6 Å². The SMILES string of the molecule is CC12CCC(C(=O)O)(CC1Cl)C2(C)C. The summed E-state index contributed by atoms with van der Waals surface area (Å²) in [5.74, 6) is -0.658. The van der Waals surface area contributed by atoms with Crippen molar-refractivity contribution in [3.63, 3.8) is 0 Å². The Hall–Kier alpha value is -0.240. The van der Waals surface area contributed by atoms with Gasteiger partial charge < -0.3 is 5.11 Å². The number of fused-ring (bicyclic) bond motifs is 2. The normalized spacial score (nSPS) is 49.6. The molecule has 2 bridgehead atoms. The van der Waals surface area contributed by atoms with Crippen LogP contribution in [0.2, 0.25) is 0 Å². The summed E-state index contributed by atoms with van der Waals surface area (Å²) in [6.45, 7) is 6.27. The molecule has 3 unspecified atom stereocenters. The first-order valence-electron chi connectivity index (χ1n) is 5.15.